The highest BCUT2D eigenvalue weighted by Crippen LogP contribution is 2.43. The molecule has 0 saturated carbocycles. The Morgan fingerprint density at radius 1 is 1.24 bits per heavy atom. The van der Waals surface area contributed by atoms with Crippen molar-refractivity contribution in [3.05, 3.63) is 0 Å². The standard InChI is InChI=1S/C18H32N2O/c1-5-17(2)15-18(10-14-21-17)9-8-13-20(16-18)12-7-6-11-19(3)4/h5,8-16H2,1-4H3/p+2/t17-,18+/m0/s1. The molecule has 0 aromatic carbocycles. The number of hydrogen-bond donors (Lipinski definition) is 2. The highest BCUT2D eigenvalue weighted by molar-refractivity contribution is 4.99. The molecule has 2 heterocycles. The first kappa shape index (κ1) is 16.8. The molecule has 2 aliphatic heterocycles. The van der Waals surface area contributed by atoms with Crippen LogP contribution in [0.25, 0.3) is 0 Å². The Labute approximate surface area is 131 Å². The first-order valence-electron chi connectivity index (χ1n) is 8.69. The molecule has 2 fully saturated rings. The fourth-order valence-electron chi connectivity index (χ4n) is 4.04. The van der Waals surface area contributed by atoms with Crippen molar-refractivity contribution in [3.63, 3.8) is 0 Å². The van der Waals surface area contributed by atoms with Gasteiger partial charge < -0.3 is 14.5 Å². The second-order valence-corrected chi connectivity index (χ2v) is 7.77. The molecule has 0 radical (unpaired) electrons. The van der Waals surface area contributed by atoms with Crippen LogP contribution in [0, 0.1) is 17.3 Å². The molecule has 0 aromatic rings. The van der Waals surface area contributed by atoms with Crippen LogP contribution in [0.2, 0.25) is 0 Å². The van der Waals surface area contributed by atoms with E-state index in [-0.39, 0.29) is 5.60 Å². The van der Waals surface area contributed by atoms with Crippen molar-refractivity contribution in [2.75, 3.05) is 46.9 Å². The molecule has 0 aliphatic carbocycles. The number of nitrogens with one attached hydrogen (secondary N) is 2. The Balaban J connectivity index is 1.91. The quantitative estimate of drug-likeness (QED) is 0.689. The first-order chi connectivity index (χ1) is 9.97. The summed E-state index contributed by atoms with van der Waals surface area (Å²) in [6, 6.07) is 0. The number of quaternary nitrogens is 2. The SMILES string of the molecule is CC[C@@]1(C)C[C@@]2(CCC[NH+](CC#CC[NH+](C)C)C2)CCO1. The van der Waals surface area contributed by atoms with Gasteiger partial charge in [0.25, 0.3) is 0 Å². The highest BCUT2D eigenvalue weighted by Gasteiger charge is 2.46. The third kappa shape index (κ3) is 4.71. The van der Waals surface area contributed by atoms with Crippen molar-refractivity contribution in [1.29, 1.82) is 0 Å². The lowest BCUT2D eigenvalue weighted by atomic mass is 9.68. The summed E-state index contributed by atoms with van der Waals surface area (Å²) in [7, 11) is 4.32. The molecular weight excluding hydrogens is 260 g/mol. The van der Waals surface area contributed by atoms with Crippen LogP contribution >= 0.6 is 0 Å². The zero-order valence-corrected chi connectivity index (χ0v) is 14.5. The molecule has 1 spiro atoms. The van der Waals surface area contributed by atoms with E-state index in [0.29, 0.717) is 5.41 Å². The van der Waals surface area contributed by atoms with E-state index in [9.17, 15) is 0 Å². The molecule has 21 heavy (non-hydrogen) atoms. The highest BCUT2D eigenvalue weighted by atomic mass is 16.5. The third-order valence-electron chi connectivity index (χ3n) is 5.35. The zero-order valence-electron chi connectivity index (χ0n) is 14.5. The molecule has 2 N–H and O–H groups in total. The normalized spacial score (nSPS) is 36.5. The Morgan fingerprint density at radius 3 is 2.76 bits per heavy atom. The van der Waals surface area contributed by atoms with Gasteiger partial charge in [0.2, 0.25) is 0 Å². The van der Waals surface area contributed by atoms with Crippen LogP contribution in [0.4, 0.5) is 0 Å². The van der Waals surface area contributed by atoms with Crippen LogP contribution in [-0.4, -0.2) is 52.5 Å². The molecule has 3 nitrogen and oxygen atoms in total. The Bertz CT molecular complexity index is 394. The maximum absolute atomic E-state index is 6.06. The Morgan fingerprint density at radius 2 is 2.05 bits per heavy atom. The summed E-state index contributed by atoms with van der Waals surface area (Å²) < 4.78 is 6.06. The molecule has 0 aromatic heterocycles. The minimum Gasteiger partial charge on any atom is -0.375 e. The number of ether oxygens (including phenoxy) is 1. The van der Waals surface area contributed by atoms with E-state index in [0.717, 1.165) is 26.1 Å². The van der Waals surface area contributed by atoms with Gasteiger partial charge in [-0.1, -0.05) is 6.92 Å². The van der Waals surface area contributed by atoms with Crippen molar-refractivity contribution in [2.45, 2.75) is 51.6 Å². The Kier molecular flexibility index (Phi) is 5.71. The van der Waals surface area contributed by atoms with Crippen LogP contribution in [0.15, 0.2) is 0 Å². The predicted octanol–water partition coefficient (Wildman–Crippen LogP) is -0.221. The largest absolute Gasteiger partial charge is 0.375 e. The van der Waals surface area contributed by atoms with Gasteiger partial charge in [0.1, 0.15) is 13.1 Å². The van der Waals surface area contributed by atoms with Gasteiger partial charge in [-0.15, -0.1) is 0 Å². The van der Waals surface area contributed by atoms with Crippen LogP contribution < -0.4 is 9.80 Å². The van der Waals surface area contributed by atoms with Crippen molar-refractivity contribution >= 4 is 0 Å². The van der Waals surface area contributed by atoms with Gasteiger partial charge in [0.15, 0.2) is 0 Å². The van der Waals surface area contributed by atoms with Crippen LogP contribution in [-0.2, 0) is 4.74 Å². The van der Waals surface area contributed by atoms with Crippen molar-refractivity contribution in [2.24, 2.45) is 5.41 Å². The van der Waals surface area contributed by atoms with Crippen molar-refractivity contribution in [3.8, 4) is 11.8 Å². The molecule has 0 bridgehead atoms. The second kappa shape index (κ2) is 7.13. The van der Waals surface area contributed by atoms with E-state index in [4.69, 9.17) is 4.74 Å². The van der Waals surface area contributed by atoms with Crippen molar-refractivity contribution in [1.82, 2.24) is 0 Å². The number of hydrogen-bond acceptors (Lipinski definition) is 1. The lowest BCUT2D eigenvalue weighted by molar-refractivity contribution is -0.906. The van der Waals surface area contributed by atoms with E-state index in [1.165, 1.54) is 43.7 Å². The average molecular weight is 294 g/mol. The summed E-state index contributed by atoms with van der Waals surface area (Å²) in [5.41, 5.74) is 0.631. The Hall–Kier alpha value is -0.560. The third-order valence-corrected chi connectivity index (χ3v) is 5.35. The number of piperidine rings is 1. The molecule has 2 aliphatic rings. The summed E-state index contributed by atoms with van der Waals surface area (Å²) in [4.78, 5) is 3.11. The van der Waals surface area contributed by atoms with Gasteiger partial charge in [-0.3, -0.25) is 0 Å². The van der Waals surface area contributed by atoms with E-state index < -0.39 is 0 Å². The number of likely N-dealkylation sites (tertiary alicyclic amines) is 1. The van der Waals surface area contributed by atoms with Crippen LogP contribution in [0.5, 0.6) is 0 Å². The molecule has 2 saturated heterocycles. The predicted molar refractivity (Wildman–Crippen MR) is 86.6 cm³/mol. The maximum atomic E-state index is 6.06. The molecule has 3 atom stereocenters. The molecule has 1 unspecified atom stereocenters. The summed E-state index contributed by atoms with van der Waals surface area (Å²) in [5.74, 6) is 6.72. The van der Waals surface area contributed by atoms with Gasteiger partial charge >= 0.3 is 0 Å². The van der Waals surface area contributed by atoms with Crippen LogP contribution in [0.3, 0.4) is 0 Å². The zero-order chi connectivity index (χ0) is 15.3. The maximum Gasteiger partial charge on any atom is 0.139 e. The minimum absolute atomic E-state index is 0.112. The minimum atomic E-state index is 0.112. The smallest absolute Gasteiger partial charge is 0.139 e. The molecule has 120 valence electrons. The lowest BCUT2D eigenvalue weighted by Crippen LogP contribution is -3.14. The topological polar surface area (TPSA) is 18.1 Å². The van der Waals surface area contributed by atoms with Crippen molar-refractivity contribution < 1.29 is 14.5 Å². The molecule has 3 heteroatoms. The number of rotatable bonds is 3. The molecule has 2 rings (SSSR count). The average Bonchev–Trinajstić information content (AvgIpc) is 2.43. The van der Waals surface area contributed by atoms with Gasteiger partial charge in [-0.25, -0.2) is 0 Å². The first-order valence-corrected chi connectivity index (χ1v) is 8.69. The summed E-state index contributed by atoms with van der Waals surface area (Å²) in [6.45, 7) is 10.1. The van der Waals surface area contributed by atoms with E-state index in [1.807, 2.05) is 0 Å². The fourth-order valence-corrected chi connectivity index (χ4v) is 4.04. The fraction of sp³-hybridized carbons (Fsp3) is 0.889. The molecule has 0 amide bonds. The lowest BCUT2D eigenvalue weighted by Gasteiger charge is -2.48. The monoisotopic (exact) mass is 294 g/mol. The second-order valence-electron chi connectivity index (χ2n) is 7.77. The van der Waals surface area contributed by atoms with E-state index >= 15 is 0 Å². The van der Waals surface area contributed by atoms with Crippen LogP contribution in [0.1, 0.15) is 46.0 Å². The summed E-state index contributed by atoms with van der Waals surface area (Å²) in [5, 5.41) is 0. The van der Waals surface area contributed by atoms with Gasteiger partial charge in [0.05, 0.1) is 32.8 Å². The summed E-state index contributed by atoms with van der Waals surface area (Å²) >= 11 is 0. The van der Waals surface area contributed by atoms with E-state index in [1.54, 1.807) is 4.90 Å². The van der Waals surface area contributed by atoms with Gasteiger partial charge in [-0.2, -0.15) is 0 Å². The van der Waals surface area contributed by atoms with Gasteiger partial charge in [0, 0.05) is 12.0 Å². The van der Waals surface area contributed by atoms with E-state index in [2.05, 4.69) is 39.8 Å². The summed E-state index contributed by atoms with van der Waals surface area (Å²) in [6.07, 6.45) is 6.38. The molecular formula is C18H34N2O+2. The van der Waals surface area contributed by atoms with Gasteiger partial charge in [-0.05, 0) is 50.9 Å².